The molecule has 4 heterocycles. The fourth-order valence-electron chi connectivity index (χ4n) is 2.89. The summed E-state index contributed by atoms with van der Waals surface area (Å²) in [6.07, 6.45) is 3.57. The van der Waals surface area contributed by atoms with E-state index in [-0.39, 0.29) is 6.01 Å². The Morgan fingerprint density at radius 1 is 1.00 bits per heavy atom. The summed E-state index contributed by atoms with van der Waals surface area (Å²) in [5, 5.41) is 4.12. The summed E-state index contributed by atoms with van der Waals surface area (Å²) in [4.78, 5) is 20.3. The molecule has 27 heavy (non-hydrogen) atoms. The van der Waals surface area contributed by atoms with E-state index < -0.39 is 0 Å². The zero-order valence-corrected chi connectivity index (χ0v) is 16.7. The maximum absolute atomic E-state index is 5.49. The first-order valence-electron chi connectivity index (χ1n) is 8.48. The van der Waals surface area contributed by atoms with Crippen LogP contribution in [-0.4, -0.2) is 58.8 Å². The van der Waals surface area contributed by atoms with E-state index in [1.165, 1.54) is 7.11 Å². The van der Waals surface area contributed by atoms with Crippen molar-refractivity contribution in [1.29, 1.82) is 0 Å². The Kier molecular flexibility index (Phi) is 5.40. The second kappa shape index (κ2) is 8.10. The summed E-state index contributed by atoms with van der Waals surface area (Å²) in [6.45, 7) is 1.89. The third-order valence-corrected chi connectivity index (χ3v) is 5.89. The summed E-state index contributed by atoms with van der Waals surface area (Å²) < 4.78 is 10.6. The summed E-state index contributed by atoms with van der Waals surface area (Å²) >= 11 is 3.59. The van der Waals surface area contributed by atoms with Crippen LogP contribution in [0.4, 0.5) is 5.95 Å². The van der Waals surface area contributed by atoms with Gasteiger partial charge in [-0.3, -0.25) is 0 Å². The highest BCUT2D eigenvalue weighted by Gasteiger charge is 2.21. The van der Waals surface area contributed by atoms with Crippen LogP contribution in [0.3, 0.4) is 0 Å². The third-order valence-electron chi connectivity index (χ3n) is 4.26. The number of thiophene rings is 1. The van der Waals surface area contributed by atoms with Crippen molar-refractivity contribution in [3.05, 3.63) is 29.2 Å². The smallest absolute Gasteiger partial charge is 0.319 e. The van der Waals surface area contributed by atoms with Crippen LogP contribution in [0.15, 0.2) is 29.2 Å². The van der Waals surface area contributed by atoms with E-state index in [2.05, 4.69) is 31.3 Å². The van der Waals surface area contributed by atoms with Gasteiger partial charge in [0, 0.05) is 42.6 Å². The Morgan fingerprint density at radius 2 is 1.81 bits per heavy atom. The van der Waals surface area contributed by atoms with Crippen LogP contribution in [0.5, 0.6) is 11.9 Å². The van der Waals surface area contributed by atoms with E-state index in [1.807, 2.05) is 23.3 Å². The lowest BCUT2D eigenvalue weighted by atomic mass is 10.1. The summed E-state index contributed by atoms with van der Waals surface area (Å²) in [5.74, 6) is 3.32. The van der Waals surface area contributed by atoms with Crippen molar-refractivity contribution in [2.45, 2.75) is 0 Å². The Morgan fingerprint density at radius 3 is 2.52 bits per heavy atom. The molecule has 0 unspecified atom stereocenters. The van der Waals surface area contributed by atoms with E-state index in [0.29, 0.717) is 5.88 Å². The van der Waals surface area contributed by atoms with Gasteiger partial charge in [-0.2, -0.15) is 28.1 Å². The molecule has 7 nitrogen and oxygen atoms in total. The normalized spacial score (nSPS) is 14.2. The minimum Gasteiger partial charge on any atom is -0.480 e. The number of nitrogens with zero attached hydrogens (tertiary/aromatic N) is 5. The van der Waals surface area contributed by atoms with Gasteiger partial charge in [0.15, 0.2) is 0 Å². The highest BCUT2D eigenvalue weighted by Crippen LogP contribution is 2.36. The van der Waals surface area contributed by atoms with Gasteiger partial charge >= 0.3 is 6.01 Å². The van der Waals surface area contributed by atoms with Crippen LogP contribution in [0.25, 0.3) is 22.4 Å². The Bertz CT molecular complexity index is 914. The highest BCUT2D eigenvalue weighted by molar-refractivity contribution is 7.99. The predicted octanol–water partition coefficient (Wildman–Crippen LogP) is 3.23. The average molecular weight is 402 g/mol. The van der Waals surface area contributed by atoms with Gasteiger partial charge in [0.2, 0.25) is 11.8 Å². The maximum Gasteiger partial charge on any atom is 0.319 e. The lowest BCUT2D eigenvalue weighted by Crippen LogP contribution is -2.33. The zero-order valence-electron chi connectivity index (χ0n) is 15.1. The van der Waals surface area contributed by atoms with Gasteiger partial charge in [-0.05, 0) is 22.4 Å². The zero-order chi connectivity index (χ0) is 18.6. The maximum atomic E-state index is 5.49. The lowest BCUT2D eigenvalue weighted by Gasteiger charge is -2.27. The SMILES string of the molecule is COc1ncc(-c2nc(N3CCSCC3)ncc2-c2ccsc2)c(OC)n1. The number of thioether (sulfide) groups is 1. The summed E-state index contributed by atoms with van der Waals surface area (Å²) in [7, 11) is 3.11. The van der Waals surface area contributed by atoms with Gasteiger partial charge in [0.05, 0.1) is 25.5 Å². The third kappa shape index (κ3) is 3.70. The minimum atomic E-state index is 0.259. The summed E-state index contributed by atoms with van der Waals surface area (Å²) in [5.41, 5.74) is 3.47. The van der Waals surface area contributed by atoms with Crippen molar-refractivity contribution in [3.63, 3.8) is 0 Å². The molecular formula is C18H19N5O2S2. The topological polar surface area (TPSA) is 73.3 Å². The second-order valence-electron chi connectivity index (χ2n) is 5.82. The highest BCUT2D eigenvalue weighted by atomic mass is 32.2. The molecule has 3 aromatic rings. The van der Waals surface area contributed by atoms with E-state index in [9.17, 15) is 0 Å². The molecule has 0 saturated carbocycles. The number of aromatic nitrogens is 4. The molecule has 4 rings (SSSR count). The summed E-state index contributed by atoms with van der Waals surface area (Å²) in [6, 6.07) is 2.32. The van der Waals surface area contributed by atoms with Crippen LogP contribution < -0.4 is 14.4 Å². The molecule has 0 radical (unpaired) electrons. The van der Waals surface area contributed by atoms with Crippen LogP contribution >= 0.6 is 23.1 Å². The molecule has 1 fully saturated rings. The molecule has 0 spiro atoms. The number of ether oxygens (including phenoxy) is 2. The van der Waals surface area contributed by atoms with Crippen LogP contribution in [0.1, 0.15) is 0 Å². The molecule has 9 heteroatoms. The van der Waals surface area contributed by atoms with Crippen molar-refractivity contribution in [2.75, 3.05) is 43.7 Å². The number of anilines is 1. The molecule has 0 aliphatic carbocycles. The van der Waals surface area contributed by atoms with Crippen molar-refractivity contribution in [2.24, 2.45) is 0 Å². The van der Waals surface area contributed by atoms with Gasteiger partial charge in [0.1, 0.15) is 0 Å². The van der Waals surface area contributed by atoms with Gasteiger partial charge in [0.25, 0.3) is 0 Å². The van der Waals surface area contributed by atoms with Crippen molar-refractivity contribution in [3.8, 4) is 34.3 Å². The van der Waals surface area contributed by atoms with Gasteiger partial charge in [-0.25, -0.2) is 15.0 Å². The molecule has 0 amide bonds. The number of hydrogen-bond donors (Lipinski definition) is 0. The molecule has 3 aromatic heterocycles. The van der Waals surface area contributed by atoms with Gasteiger partial charge in [-0.15, -0.1) is 0 Å². The first-order valence-corrected chi connectivity index (χ1v) is 10.6. The standard InChI is InChI=1S/C18H19N5O2S2/c1-24-16-14(10-20-18(22-16)25-2)15-13(12-3-6-27-11-12)9-19-17(21-15)23-4-7-26-8-5-23/h3,6,9-11H,4-5,7-8H2,1-2H3. The molecule has 0 N–H and O–H groups in total. The van der Waals surface area contributed by atoms with Crippen molar-refractivity contribution >= 4 is 29.0 Å². The monoisotopic (exact) mass is 401 g/mol. The molecule has 0 bridgehead atoms. The fourth-order valence-corrected chi connectivity index (χ4v) is 4.45. The molecule has 1 aliphatic heterocycles. The molecule has 1 saturated heterocycles. The Labute approximate surface area is 165 Å². The van der Waals surface area contributed by atoms with E-state index in [1.54, 1.807) is 24.6 Å². The van der Waals surface area contributed by atoms with Crippen LogP contribution in [-0.2, 0) is 0 Å². The fraction of sp³-hybridized carbons (Fsp3) is 0.333. The first-order chi connectivity index (χ1) is 13.3. The number of methoxy groups -OCH3 is 2. The molecule has 140 valence electrons. The molecule has 0 aromatic carbocycles. The van der Waals surface area contributed by atoms with E-state index >= 15 is 0 Å². The predicted molar refractivity (Wildman–Crippen MR) is 109 cm³/mol. The second-order valence-corrected chi connectivity index (χ2v) is 7.83. The van der Waals surface area contributed by atoms with Crippen LogP contribution in [0, 0.1) is 0 Å². The Hall–Kier alpha value is -2.39. The van der Waals surface area contributed by atoms with Gasteiger partial charge in [-0.1, -0.05) is 0 Å². The van der Waals surface area contributed by atoms with Gasteiger partial charge < -0.3 is 14.4 Å². The Balaban J connectivity index is 1.85. The van der Waals surface area contributed by atoms with Crippen LogP contribution in [0.2, 0.25) is 0 Å². The molecule has 0 atom stereocenters. The largest absolute Gasteiger partial charge is 0.480 e. The average Bonchev–Trinajstić information content (AvgIpc) is 3.28. The minimum absolute atomic E-state index is 0.259. The number of rotatable bonds is 5. The molecule has 1 aliphatic rings. The van der Waals surface area contributed by atoms with E-state index in [0.717, 1.165) is 52.9 Å². The lowest BCUT2D eigenvalue weighted by molar-refractivity contribution is 0.353. The quantitative estimate of drug-likeness (QED) is 0.645. The number of hydrogen-bond acceptors (Lipinski definition) is 9. The molecular weight excluding hydrogens is 382 g/mol. The first kappa shape index (κ1) is 18.0. The van der Waals surface area contributed by atoms with Crippen molar-refractivity contribution in [1.82, 2.24) is 19.9 Å². The van der Waals surface area contributed by atoms with E-state index in [4.69, 9.17) is 14.5 Å². The van der Waals surface area contributed by atoms with Crippen molar-refractivity contribution < 1.29 is 9.47 Å².